The summed E-state index contributed by atoms with van der Waals surface area (Å²) in [5.41, 5.74) is 8.00. The molecule has 184 valence electrons. The van der Waals surface area contributed by atoms with Crippen molar-refractivity contribution < 1.29 is 14.3 Å². The maximum absolute atomic E-state index is 13.4. The second kappa shape index (κ2) is 10.2. The molecule has 0 saturated carbocycles. The standard InChI is InChI=1S/C26H30N4O5/c1-4-29-25(32)23(24(27)30(26(29)33)14-17-8-6-5-7-9-17)20(31)16-28-11-10-18-12-21(34-2)22(35-3)13-19(18)15-28/h5-9,12-13H,4,10-11,14-16,27H2,1-3H3. The molecule has 35 heavy (non-hydrogen) atoms. The molecule has 0 saturated heterocycles. The molecule has 0 atom stereocenters. The molecule has 2 aromatic carbocycles. The Morgan fingerprint density at radius 1 is 1.00 bits per heavy atom. The molecule has 0 amide bonds. The van der Waals surface area contributed by atoms with Crippen molar-refractivity contribution in [3.8, 4) is 11.5 Å². The summed E-state index contributed by atoms with van der Waals surface area (Å²) in [6, 6.07) is 13.2. The lowest BCUT2D eigenvalue weighted by atomic mass is 9.98. The van der Waals surface area contributed by atoms with Crippen molar-refractivity contribution in [2.45, 2.75) is 33.0 Å². The van der Waals surface area contributed by atoms with Gasteiger partial charge in [0, 0.05) is 19.6 Å². The molecular weight excluding hydrogens is 448 g/mol. The van der Waals surface area contributed by atoms with E-state index in [-0.39, 0.29) is 31.0 Å². The number of anilines is 1. The van der Waals surface area contributed by atoms with Gasteiger partial charge in [-0.05, 0) is 42.2 Å². The van der Waals surface area contributed by atoms with Crippen molar-refractivity contribution in [3.05, 3.63) is 85.6 Å². The maximum Gasteiger partial charge on any atom is 0.332 e. The van der Waals surface area contributed by atoms with Gasteiger partial charge < -0.3 is 15.2 Å². The fraction of sp³-hybridized carbons (Fsp3) is 0.346. The quantitative estimate of drug-likeness (QED) is 0.493. The fourth-order valence-electron chi connectivity index (χ4n) is 4.53. The van der Waals surface area contributed by atoms with Crippen molar-refractivity contribution in [1.82, 2.24) is 14.0 Å². The molecule has 0 radical (unpaired) electrons. The third-order valence-electron chi connectivity index (χ3n) is 6.41. The van der Waals surface area contributed by atoms with Gasteiger partial charge in [-0.1, -0.05) is 30.3 Å². The number of benzene rings is 2. The Morgan fingerprint density at radius 3 is 2.29 bits per heavy atom. The Labute approximate surface area is 203 Å². The van der Waals surface area contributed by atoms with Gasteiger partial charge in [0.05, 0.1) is 27.3 Å². The molecular formula is C26H30N4O5. The largest absolute Gasteiger partial charge is 0.493 e. The van der Waals surface area contributed by atoms with Crippen LogP contribution >= 0.6 is 0 Å². The molecule has 9 nitrogen and oxygen atoms in total. The summed E-state index contributed by atoms with van der Waals surface area (Å²) in [6.45, 7) is 3.19. The topological polar surface area (TPSA) is 109 Å². The number of fused-ring (bicyclic) bond motifs is 1. The second-order valence-electron chi connectivity index (χ2n) is 8.52. The van der Waals surface area contributed by atoms with Gasteiger partial charge in [-0.3, -0.25) is 23.6 Å². The number of rotatable bonds is 8. The summed E-state index contributed by atoms with van der Waals surface area (Å²) in [7, 11) is 3.18. The van der Waals surface area contributed by atoms with Crippen molar-refractivity contribution in [2.24, 2.45) is 0 Å². The minimum atomic E-state index is -0.645. The zero-order valence-electron chi connectivity index (χ0n) is 20.2. The summed E-state index contributed by atoms with van der Waals surface area (Å²) >= 11 is 0. The van der Waals surface area contributed by atoms with Crippen molar-refractivity contribution in [3.63, 3.8) is 0 Å². The average Bonchev–Trinajstić information content (AvgIpc) is 2.86. The first-order valence-corrected chi connectivity index (χ1v) is 11.5. The molecule has 9 heteroatoms. The summed E-state index contributed by atoms with van der Waals surface area (Å²) in [5, 5.41) is 0. The molecule has 3 aromatic rings. The summed E-state index contributed by atoms with van der Waals surface area (Å²) in [6.07, 6.45) is 0.727. The van der Waals surface area contributed by atoms with Gasteiger partial charge in [-0.15, -0.1) is 0 Å². The zero-order valence-corrected chi connectivity index (χ0v) is 20.2. The van der Waals surface area contributed by atoms with Crippen molar-refractivity contribution >= 4 is 11.6 Å². The molecule has 0 spiro atoms. The van der Waals surface area contributed by atoms with E-state index in [1.807, 2.05) is 47.4 Å². The number of aromatic nitrogens is 2. The highest BCUT2D eigenvalue weighted by Crippen LogP contribution is 2.33. The van der Waals surface area contributed by atoms with Gasteiger partial charge in [0.1, 0.15) is 11.4 Å². The van der Waals surface area contributed by atoms with Crippen LogP contribution in [-0.4, -0.2) is 47.1 Å². The van der Waals surface area contributed by atoms with Gasteiger partial charge in [0.25, 0.3) is 5.56 Å². The van der Waals surface area contributed by atoms with E-state index in [0.29, 0.717) is 24.6 Å². The number of nitrogens with two attached hydrogens (primary N) is 1. The average molecular weight is 479 g/mol. The lowest BCUT2D eigenvalue weighted by Gasteiger charge is -2.29. The van der Waals surface area contributed by atoms with Crippen LogP contribution in [0.1, 0.15) is 34.0 Å². The molecule has 1 aromatic heterocycles. The highest BCUT2D eigenvalue weighted by molar-refractivity contribution is 6.01. The summed E-state index contributed by atoms with van der Waals surface area (Å²) < 4.78 is 13.2. The van der Waals surface area contributed by atoms with Gasteiger partial charge in [-0.25, -0.2) is 4.79 Å². The van der Waals surface area contributed by atoms with Crippen LogP contribution in [-0.2, 0) is 26.1 Å². The molecule has 0 bridgehead atoms. The minimum absolute atomic E-state index is 0.0144. The van der Waals surface area contributed by atoms with Gasteiger partial charge in [0.15, 0.2) is 17.3 Å². The molecule has 2 N–H and O–H groups in total. The first-order valence-electron chi connectivity index (χ1n) is 11.5. The van der Waals surface area contributed by atoms with Crippen LogP contribution in [0.4, 0.5) is 5.82 Å². The fourth-order valence-corrected chi connectivity index (χ4v) is 4.53. The molecule has 0 unspecified atom stereocenters. The SMILES string of the molecule is CCn1c(=O)c(C(=O)CN2CCc3cc(OC)c(OC)cc3C2)c(N)n(Cc2ccccc2)c1=O. The number of carbonyl (C=O) groups is 1. The van der Waals surface area contributed by atoms with Crippen LogP contribution in [0, 0.1) is 0 Å². The first-order chi connectivity index (χ1) is 16.9. The predicted octanol–water partition coefficient (Wildman–Crippen LogP) is 1.92. The normalized spacial score (nSPS) is 13.3. The number of hydrogen-bond donors (Lipinski definition) is 1. The number of Topliss-reactive ketones (excluding diaryl/α,β-unsaturated/α-hetero) is 1. The summed E-state index contributed by atoms with van der Waals surface area (Å²) in [4.78, 5) is 41.4. The molecule has 4 rings (SSSR count). The highest BCUT2D eigenvalue weighted by atomic mass is 16.5. The second-order valence-corrected chi connectivity index (χ2v) is 8.52. The van der Waals surface area contributed by atoms with E-state index in [1.54, 1.807) is 21.1 Å². The van der Waals surface area contributed by atoms with Gasteiger partial charge >= 0.3 is 5.69 Å². The van der Waals surface area contributed by atoms with Crippen LogP contribution in [0.3, 0.4) is 0 Å². The number of ketones is 1. The predicted molar refractivity (Wildman–Crippen MR) is 133 cm³/mol. The molecule has 1 aliphatic rings. The van der Waals surface area contributed by atoms with E-state index in [9.17, 15) is 14.4 Å². The molecule has 1 aliphatic heterocycles. The van der Waals surface area contributed by atoms with Crippen molar-refractivity contribution in [2.75, 3.05) is 33.0 Å². The monoisotopic (exact) mass is 478 g/mol. The van der Waals surface area contributed by atoms with Gasteiger partial charge in [-0.2, -0.15) is 0 Å². The third-order valence-corrected chi connectivity index (χ3v) is 6.41. The number of ether oxygens (including phenoxy) is 2. The van der Waals surface area contributed by atoms with Crippen LogP contribution in [0.2, 0.25) is 0 Å². The van der Waals surface area contributed by atoms with Crippen LogP contribution in [0.25, 0.3) is 0 Å². The Morgan fingerprint density at radius 2 is 1.66 bits per heavy atom. The van der Waals surface area contributed by atoms with Crippen LogP contribution < -0.4 is 26.5 Å². The Kier molecular flexibility index (Phi) is 7.07. The number of nitrogen functional groups attached to an aromatic ring is 1. The van der Waals surface area contributed by atoms with Gasteiger partial charge in [0.2, 0.25) is 0 Å². The van der Waals surface area contributed by atoms with E-state index in [4.69, 9.17) is 15.2 Å². The highest BCUT2D eigenvalue weighted by Gasteiger charge is 2.26. The smallest absolute Gasteiger partial charge is 0.332 e. The van der Waals surface area contributed by atoms with Crippen LogP contribution in [0.5, 0.6) is 11.5 Å². The van der Waals surface area contributed by atoms with E-state index < -0.39 is 17.0 Å². The Hall–Kier alpha value is -3.85. The number of nitrogens with zero attached hydrogens (tertiary/aromatic N) is 3. The molecule has 2 heterocycles. The first kappa shape index (κ1) is 24.3. The lowest BCUT2D eigenvalue weighted by Crippen LogP contribution is -2.45. The molecule has 0 aliphatic carbocycles. The van der Waals surface area contributed by atoms with E-state index in [0.717, 1.165) is 27.7 Å². The maximum atomic E-state index is 13.4. The number of hydrogen-bond acceptors (Lipinski definition) is 7. The number of methoxy groups -OCH3 is 2. The summed E-state index contributed by atoms with van der Waals surface area (Å²) in [5.74, 6) is 0.801. The zero-order chi connectivity index (χ0) is 25.1. The Bertz CT molecular complexity index is 1360. The third kappa shape index (κ3) is 4.72. The molecule has 0 fully saturated rings. The number of carbonyl (C=O) groups excluding carboxylic acids is 1. The van der Waals surface area contributed by atoms with Crippen molar-refractivity contribution in [1.29, 1.82) is 0 Å². The van der Waals surface area contributed by atoms with E-state index in [2.05, 4.69) is 0 Å². The van der Waals surface area contributed by atoms with Crippen LogP contribution in [0.15, 0.2) is 52.1 Å². The lowest BCUT2D eigenvalue weighted by molar-refractivity contribution is 0.0919. The Balaban J connectivity index is 1.64. The van der Waals surface area contributed by atoms with E-state index >= 15 is 0 Å². The van der Waals surface area contributed by atoms with E-state index in [1.165, 1.54) is 4.57 Å². The minimum Gasteiger partial charge on any atom is -0.493 e.